The van der Waals surface area contributed by atoms with E-state index in [2.05, 4.69) is 53.8 Å². The molecule has 0 spiro atoms. The third-order valence-corrected chi connectivity index (χ3v) is 3.87. The molecule has 0 fully saturated rings. The molecule has 0 radical (unpaired) electrons. The third kappa shape index (κ3) is 0.955. The van der Waals surface area contributed by atoms with Crippen molar-refractivity contribution in [2.75, 3.05) is 5.32 Å². The highest BCUT2D eigenvalue weighted by Crippen LogP contribution is 2.46. The minimum absolute atomic E-state index is 0.576. The lowest BCUT2D eigenvalue weighted by molar-refractivity contribution is 0.727. The summed E-state index contributed by atoms with van der Waals surface area (Å²) in [6, 6.07) is 18.1. The van der Waals surface area contributed by atoms with Gasteiger partial charge in [0.1, 0.15) is 0 Å². The zero-order valence-electron chi connectivity index (χ0n) is 8.98. The second-order valence-electron chi connectivity index (χ2n) is 4.72. The molecule has 4 rings (SSSR count). The third-order valence-electron chi connectivity index (χ3n) is 3.87. The maximum Gasteiger partial charge on any atom is 0.0411 e. The fourth-order valence-corrected chi connectivity index (χ4v) is 3.21. The van der Waals surface area contributed by atoms with Crippen molar-refractivity contribution < 1.29 is 0 Å². The van der Waals surface area contributed by atoms with E-state index in [1.807, 2.05) is 0 Å². The number of rotatable bonds is 0. The van der Waals surface area contributed by atoms with Gasteiger partial charge in [0, 0.05) is 17.6 Å². The molecule has 16 heavy (non-hydrogen) atoms. The molecule has 2 aromatic rings. The lowest BCUT2D eigenvalue weighted by atomic mass is 9.93. The summed E-state index contributed by atoms with van der Waals surface area (Å²) in [6.07, 6.45) is 1.16. The molecule has 0 bridgehead atoms. The number of nitrogens with one attached hydrogen (secondary N) is 1. The van der Waals surface area contributed by atoms with Gasteiger partial charge in [0.05, 0.1) is 0 Å². The van der Waals surface area contributed by atoms with E-state index in [0.29, 0.717) is 12.0 Å². The van der Waals surface area contributed by atoms with Crippen LogP contribution in [-0.2, 0) is 6.42 Å². The first-order chi connectivity index (χ1) is 7.93. The maximum atomic E-state index is 3.64. The highest BCUT2D eigenvalue weighted by atomic mass is 15.0. The molecule has 78 valence electrons. The molecule has 1 heteroatoms. The highest BCUT2D eigenvalue weighted by molar-refractivity contribution is 5.65. The van der Waals surface area contributed by atoms with Crippen LogP contribution in [-0.4, -0.2) is 6.04 Å². The van der Waals surface area contributed by atoms with Gasteiger partial charge < -0.3 is 5.32 Å². The highest BCUT2D eigenvalue weighted by Gasteiger charge is 2.38. The van der Waals surface area contributed by atoms with E-state index in [4.69, 9.17) is 0 Å². The lowest BCUT2D eigenvalue weighted by Crippen LogP contribution is -2.16. The van der Waals surface area contributed by atoms with Crippen LogP contribution in [0.1, 0.15) is 22.6 Å². The number of benzene rings is 2. The molecule has 0 saturated heterocycles. The molecule has 0 saturated carbocycles. The Kier molecular flexibility index (Phi) is 1.51. The summed E-state index contributed by atoms with van der Waals surface area (Å²) in [5.74, 6) is 0.576. The zero-order chi connectivity index (χ0) is 10.5. The van der Waals surface area contributed by atoms with Gasteiger partial charge in [0.2, 0.25) is 0 Å². The average Bonchev–Trinajstić information content (AvgIpc) is 2.83. The van der Waals surface area contributed by atoms with E-state index >= 15 is 0 Å². The predicted molar refractivity (Wildman–Crippen MR) is 65.8 cm³/mol. The molecule has 2 aliphatic rings. The van der Waals surface area contributed by atoms with Gasteiger partial charge in [-0.3, -0.25) is 0 Å². The van der Waals surface area contributed by atoms with Crippen molar-refractivity contribution in [1.29, 1.82) is 0 Å². The van der Waals surface area contributed by atoms with Gasteiger partial charge in [-0.1, -0.05) is 42.5 Å². The number of para-hydroxylation sites is 1. The van der Waals surface area contributed by atoms with Crippen molar-refractivity contribution in [3.8, 4) is 0 Å². The fourth-order valence-electron chi connectivity index (χ4n) is 3.21. The monoisotopic (exact) mass is 207 g/mol. The topological polar surface area (TPSA) is 12.0 Å². The molecule has 1 aliphatic carbocycles. The van der Waals surface area contributed by atoms with Crippen molar-refractivity contribution in [2.45, 2.75) is 18.4 Å². The van der Waals surface area contributed by atoms with Crippen LogP contribution < -0.4 is 5.32 Å². The molecule has 0 amide bonds. The van der Waals surface area contributed by atoms with E-state index in [-0.39, 0.29) is 0 Å². The lowest BCUT2D eigenvalue weighted by Gasteiger charge is -2.10. The molecule has 0 aromatic heterocycles. The van der Waals surface area contributed by atoms with Gasteiger partial charge in [0.15, 0.2) is 0 Å². The van der Waals surface area contributed by atoms with Crippen LogP contribution >= 0.6 is 0 Å². The summed E-state index contributed by atoms with van der Waals surface area (Å²) in [4.78, 5) is 0. The van der Waals surface area contributed by atoms with Gasteiger partial charge in [-0.05, 0) is 29.2 Å². The molecule has 2 aromatic carbocycles. The van der Waals surface area contributed by atoms with Gasteiger partial charge in [-0.25, -0.2) is 0 Å². The van der Waals surface area contributed by atoms with Gasteiger partial charge in [-0.2, -0.15) is 0 Å². The first kappa shape index (κ1) is 8.40. The normalized spacial score (nSPS) is 24.5. The number of fused-ring (bicyclic) bond motifs is 5. The Hall–Kier alpha value is -1.76. The summed E-state index contributed by atoms with van der Waals surface area (Å²) in [6.45, 7) is 0. The van der Waals surface area contributed by atoms with Crippen LogP contribution in [0.3, 0.4) is 0 Å². The first-order valence-electron chi connectivity index (χ1n) is 5.87. The minimum atomic E-state index is 0.576. The van der Waals surface area contributed by atoms with E-state index in [1.165, 1.54) is 22.4 Å². The first-order valence-corrected chi connectivity index (χ1v) is 5.87. The Bertz CT molecular complexity index is 509. The number of hydrogen-bond donors (Lipinski definition) is 1. The second-order valence-corrected chi connectivity index (χ2v) is 4.72. The molecule has 1 N–H and O–H groups in total. The van der Waals surface area contributed by atoms with Crippen LogP contribution in [0.5, 0.6) is 0 Å². The van der Waals surface area contributed by atoms with E-state index in [0.717, 1.165) is 6.42 Å². The summed E-state index contributed by atoms with van der Waals surface area (Å²) < 4.78 is 0. The van der Waals surface area contributed by atoms with Crippen LogP contribution in [0.25, 0.3) is 0 Å². The number of anilines is 1. The van der Waals surface area contributed by atoms with Crippen LogP contribution in [0.15, 0.2) is 48.5 Å². The number of hydrogen-bond acceptors (Lipinski definition) is 1. The Morgan fingerprint density at radius 2 is 1.62 bits per heavy atom. The van der Waals surface area contributed by atoms with Gasteiger partial charge >= 0.3 is 0 Å². The molecule has 1 aliphatic heterocycles. The second kappa shape index (κ2) is 2.88. The minimum Gasteiger partial charge on any atom is -0.381 e. The molecule has 1 nitrogen and oxygen atoms in total. The fraction of sp³-hybridized carbons (Fsp3) is 0.200. The molecule has 0 unspecified atom stereocenters. The standard InChI is InChI=1S/C15H13N/c1-2-6-11-10(5-1)9-14-15(11)12-7-3-4-8-13(12)16-14/h1-8,14-16H,9H2/t14-,15-/m1/s1. The molecule has 2 atom stereocenters. The van der Waals surface area contributed by atoms with Gasteiger partial charge in [-0.15, -0.1) is 0 Å². The quantitative estimate of drug-likeness (QED) is 0.699. The van der Waals surface area contributed by atoms with E-state index < -0.39 is 0 Å². The van der Waals surface area contributed by atoms with Crippen molar-refractivity contribution in [3.05, 3.63) is 65.2 Å². The maximum absolute atomic E-state index is 3.64. The van der Waals surface area contributed by atoms with Crippen molar-refractivity contribution in [2.24, 2.45) is 0 Å². The Morgan fingerprint density at radius 1 is 0.875 bits per heavy atom. The zero-order valence-corrected chi connectivity index (χ0v) is 8.98. The Balaban J connectivity index is 1.93. The van der Waals surface area contributed by atoms with Crippen molar-refractivity contribution >= 4 is 5.69 Å². The Morgan fingerprint density at radius 3 is 2.56 bits per heavy atom. The summed E-state index contributed by atoms with van der Waals surface area (Å²) in [5.41, 5.74) is 5.83. The van der Waals surface area contributed by atoms with E-state index in [9.17, 15) is 0 Å². The van der Waals surface area contributed by atoms with Crippen LogP contribution in [0.4, 0.5) is 5.69 Å². The molecular formula is C15H13N. The van der Waals surface area contributed by atoms with Crippen LogP contribution in [0.2, 0.25) is 0 Å². The van der Waals surface area contributed by atoms with Crippen LogP contribution in [0, 0.1) is 0 Å². The van der Waals surface area contributed by atoms with E-state index in [1.54, 1.807) is 0 Å². The summed E-state index contributed by atoms with van der Waals surface area (Å²) in [5, 5.41) is 3.64. The summed E-state index contributed by atoms with van der Waals surface area (Å²) in [7, 11) is 0. The Labute approximate surface area is 95.1 Å². The molecular weight excluding hydrogens is 194 g/mol. The summed E-state index contributed by atoms with van der Waals surface area (Å²) >= 11 is 0. The predicted octanol–water partition coefficient (Wildman–Crippen LogP) is 3.17. The SMILES string of the molecule is c1ccc2c(c1)C[C@H]1Nc3ccccc3[C@@H]21. The average molecular weight is 207 g/mol. The smallest absolute Gasteiger partial charge is 0.0411 e. The van der Waals surface area contributed by atoms with Crippen molar-refractivity contribution in [3.63, 3.8) is 0 Å². The van der Waals surface area contributed by atoms with Crippen molar-refractivity contribution in [1.82, 2.24) is 0 Å². The van der Waals surface area contributed by atoms with Gasteiger partial charge in [0.25, 0.3) is 0 Å². The molecule has 1 heterocycles. The largest absolute Gasteiger partial charge is 0.381 e.